The molecule has 0 aliphatic heterocycles. The Morgan fingerprint density at radius 2 is 1.96 bits per heavy atom. The van der Waals surface area contributed by atoms with Crippen LogP contribution >= 0.6 is 15.9 Å². The molecule has 0 saturated heterocycles. The van der Waals surface area contributed by atoms with Crippen LogP contribution in [0.3, 0.4) is 0 Å². The highest BCUT2D eigenvalue weighted by molar-refractivity contribution is 9.10. The van der Waals surface area contributed by atoms with Gasteiger partial charge in [-0.25, -0.2) is 0 Å². The van der Waals surface area contributed by atoms with Crippen molar-refractivity contribution in [1.29, 1.82) is 5.26 Å². The minimum Gasteiger partial charge on any atom is -0.490 e. The molecule has 0 fully saturated rings. The standard InChI is InChI=1S/C21H20BrNO2/c1-4-10-25-21-19(22)12-16(13-20(21)24-5-2)11-18(14-23)17-8-6-15(3)7-9-17/h4,6-9,11-13H,1,5,10H2,2-3H3/b18-11-. The van der Waals surface area contributed by atoms with Crippen LogP contribution < -0.4 is 9.47 Å². The molecular weight excluding hydrogens is 378 g/mol. The first kappa shape index (κ1) is 18.8. The van der Waals surface area contributed by atoms with Gasteiger partial charge in [-0.2, -0.15) is 5.26 Å². The average molecular weight is 398 g/mol. The van der Waals surface area contributed by atoms with E-state index in [0.29, 0.717) is 30.3 Å². The smallest absolute Gasteiger partial charge is 0.175 e. The van der Waals surface area contributed by atoms with Crippen molar-refractivity contribution in [2.75, 3.05) is 13.2 Å². The molecule has 0 spiro atoms. The third-order valence-electron chi connectivity index (χ3n) is 3.47. The van der Waals surface area contributed by atoms with Gasteiger partial charge in [0.05, 0.1) is 22.7 Å². The molecule has 0 amide bonds. The van der Waals surface area contributed by atoms with Gasteiger partial charge < -0.3 is 9.47 Å². The summed E-state index contributed by atoms with van der Waals surface area (Å²) in [7, 11) is 0. The molecule has 2 aromatic carbocycles. The molecule has 0 bridgehead atoms. The predicted octanol–water partition coefficient (Wildman–Crippen LogP) is 5.79. The van der Waals surface area contributed by atoms with Gasteiger partial charge in [-0.15, -0.1) is 0 Å². The largest absolute Gasteiger partial charge is 0.490 e. The Kier molecular flexibility index (Phi) is 6.85. The second kappa shape index (κ2) is 9.10. The Hall–Kier alpha value is -2.51. The van der Waals surface area contributed by atoms with E-state index in [1.807, 2.05) is 56.3 Å². The number of hydrogen-bond acceptors (Lipinski definition) is 3. The number of ether oxygens (including phenoxy) is 2. The molecule has 0 unspecified atom stereocenters. The van der Waals surface area contributed by atoms with Crippen LogP contribution in [0.4, 0.5) is 0 Å². The van der Waals surface area contributed by atoms with E-state index in [1.54, 1.807) is 6.08 Å². The topological polar surface area (TPSA) is 42.2 Å². The highest BCUT2D eigenvalue weighted by Gasteiger charge is 2.12. The highest BCUT2D eigenvalue weighted by Crippen LogP contribution is 2.38. The maximum absolute atomic E-state index is 9.53. The van der Waals surface area contributed by atoms with E-state index in [2.05, 4.69) is 28.6 Å². The summed E-state index contributed by atoms with van der Waals surface area (Å²) >= 11 is 3.52. The van der Waals surface area contributed by atoms with Crippen LogP contribution in [0, 0.1) is 18.3 Å². The van der Waals surface area contributed by atoms with E-state index in [1.165, 1.54) is 0 Å². The summed E-state index contributed by atoms with van der Waals surface area (Å²) in [6.07, 6.45) is 3.52. The van der Waals surface area contributed by atoms with Crippen LogP contribution in [0.1, 0.15) is 23.6 Å². The molecule has 0 N–H and O–H groups in total. The van der Waals surface area contributed by atoms with Crippen LogP contribution in [0.25, 0.3) is 11.6 Å². The first-order chi connectivity index (χ1) is 12.1. The van der Waals surface area contributed by atoms with Gasteiger partial charge in [-0.05, 0) is 59.1 Å². The van der Waals surface area contributed by atoms with E-state index < -0.39 is 0 Å². The van der Waals surface area contributed by atoms with Crippen molar-refractivity contribution < 1.29 is 9.47 Å². The van der Waals surface area contributed by atoms with Gasteiger partial charge in [-0.1, -0.05) is 42.5 Å². The first-order valence-electron chi connectivity index (χ1n) is 7.98. The zero-order valence-corrected chi connectivity index (χ0v) is 16.0. The third-order valence-corrected chi connectivity index (χ3v) is 4.06. The second-order valence-corrected chi connectivity index (χ2v) is 6.25. The highest BCUT2D eigenvalue weighted by atomic mass is 79.9. The molecule has 0 saturated carbocycles. The molecule has 25 heavy (non-hydrogen) atoms. The molecule has 3 nitrogen and oxygen atoms in total. The molecule has 2 aromatic rings. The number of nitriles is 1. The summed E-state index contributed by atoms with van der Waals surface area (Å²) in [5.41, 5.74) is 3.49. The number of halogens is 1. The monoisotopic (exact) mass is 397 g/mol. The molecule has 0 aliphatic rings. The van der Waals surface area contributed by atoms with Crippen LogP contribution in [-0.4, -0.2) is 13.2 Å². The summed E-state index contributed by atoms with van der Waals surface area (Å²) in [5.74, 6) is 1.26. The van der Waals surface area contributed by atoms with Crippen molar-refractivity contribution in [3.8, 4) is 17.6 Å². The van der Waals surface area contributed by atoms with Crippen molar-refractivity contribution in [2.24, 2.45) is 0 Å². The normalized spacial score (nSPS) is 10.9. The average Bonchev–Trinajstić information content (AvgIpc) is 2.60. The van der Waals surface area contributed by atoms with E-state index >= 15 is 0 Å². The van der Waals surface area contributed by atoms with Crippen LogP contribution in [-0.2, 0) is 0 Å². The third kappa shape index (κ3) is 4.98. The van der Waals surface area contributed by atoms with Crippen molar-refractivity contribution >= 4 is 27.6 Å². The lowest BCUT2D eigenvalue weighted by Crippen LogP contribution is -2.00. The Morgan fingerprint density at radius 1 is 1.24 bits per heavy atom. The molecule has 0 aliphatic carbocycles. The molecular formula is C21H20BrNO2. The lowest BCUT2D eigenvalue weighted by atomic mass is 10.0. The van der Waals surface area contributed by atoms with E-state index in [-0.39, 0.29) is 0 Å². The van der Waals surface area contributed by atoms with Crippen molar-refractivity contribution in [1.82, 2.24) is 0 Å². The van der Waals surface area contributed by atoms with E-state index in [4.69, 9.17) is 9.47 Å². The quantitative estimate of drug-likeness (QED) is 0.337. The lowest BCUT2D eigenvalue weighted by Gasteiger charge is -2.14. The summed E-state index contributed by atoms with van der Waals surface area (Å²) in [4.78, 5) is 0. The summed E-state index contributed by atoms with van der Waals surface area (Å²) in [5, 5.41) is 9.53. The van der Waals surface area contributed by atoms with Gasteiger partial charge >= 0.3 is 0 Å². The second-order valence-electron chi connectivity index (χ2n) is 5.40. The maximum atomic E-state index is 9.53. The first-order valence-corrected chi connectivity index (χ1v) is 8.77. The Balaban J connectivity index is 2.45. The molecule has 0 heterocycles. The predicted molar refractivity (Wildman–Crippen MR) is 106 cm³/mol. The zero-order valence-electron chi connectivity index (χ0n) is 14.4. The van der Waals surface area contributed by atoms with Crippen LogP contribution in [0.2, 0.25) is 0 Å². The molecule has 2 rings (SSSR count). The Labute approximate surface area is 157 Å². The Bertz CT molecular complexity index is 817. The SMILES string of the molecule is C=CCOc1c(Br)cc(/C=C(/C#N)c2ccc(C)cc2)cc1OCC. The molecule has 0 radical (unpaired) electrons. The van der Waals surface area contributed by atoms with Crippen LogP contribution in [0.5, 0.6) is 11.5 Å². The minimum atomic E-state index is 0.390. The number of benzene rings is 2. The van der Waals surface area contributed by atoms with E-state index in [9.17, 15) is 5.26 Å². The minimum absolute atomic E-state index is 0.390. The van der Waals surface area contributed by atoms with Crippen molar-refractivity contribution in [3.05, 3.63) is 70.2 Å². The summed E-state index contributed by atoms with van der Waals surface area (Å²) < 4.78 is 12.1. The summed E-state index contributed by atoms with van der Waals surface area (Å²) in [6, 6.07) is 13.9. The number of allylic oxidation sites excluding steroid dienone is 1. The fraction of sp³-hybridized carbons (Fsp3) is 0.190. The number of rotatable bonds is 7. The molecule has 128 valence electrons. The number of hydrogen-bond donors (Lipinski definition) is 0. The Morgan fingerprint density at radius 3 is 2.56 bits per heavy atom. The fourth-order valence-corrected chi connectivity index (χ4v) is 2.87. The fourth-order valence-electron chi connectivity index (χ4n) is 2.30. The van der Waals surface area contributed by atoms with Gasteiger partial charge in [0.25, 0.3) is 0 Å². The van der Waals surface area contributed by atoms with Gasteiger partial charge in [0, 0.05) is 0 Å². The zero-order chi connectivity index (χ0) is 18.2. The number of aryl methyl sites for hydroxylation is 1. The molecule has 0 aromatic heterocycles. The van der Waals surface area contributed by atoms with Gasteiger partial charge in [0.15, 0.2) is 11.5 Å². The molecule has 4 heteroatoms. The maximum Gasteiger partial charge on any atom is 0.175 e. The molecule has 0 atom stereocenters. The lowest BCUT2D eigenvalue weighted by molar-refractivity contribution is 0.295. The van der Waals surface area contributed by atoms with Gasteiger partial charge in [0.2, 0.25) is 0 Å². The van der Waals surface area contributed by atoms with Crippen molar-refractivity contribution in [2.45, 2.75) is 13.8 Å². The number of nitrogens with zero attached hydrogens (tertiary/aromatic N) is 1. The van der Waals surface area contributed by atoms with Crippen molar-refractivity contribution in [3.63, 3.8) is 0 Å². The van der Waals surface area contributed by atoms with E-state index in [0.717, 1.165) is 21.2 Å². The van der Waals surface area contributed by atoms with Crippen LogP contribution in [0.15, 0.2) is 53.5 Å². The summed E-state index contributed by atoms with van der Waals surface area (Å²) in [6.45, 7) is 8.51. The van der Waals surface area contributed by atoms with Gasteiger partial charge in [-0.3, -0.25) is 0 Å². The van der Waals surface area contributed by atoms with Gasteiger partial charge in [0.1, 0.15) is 6.61 Å².